The molecule has 0 radical (unpaired) electrons. The summed E-state index contributed by atoms with van der Waals surface area (Å²) in [4.78, 5) is 8.79. The molecule has 0 bridgehead atoms. The van der Waals surface area contributed by atoms with E-state index in [1.165, 1.54) is 0 Å². The van der Waals surface area contributed by atoms with Crippen molar-refractivity contribution in [1.29, 1.82) is 0 Å². The summed E-state index contributed by atoms with van der Waals surface area (Å²) in [7, 11) is 3.48. The topological polar surface area (TPSA) is 68.3 Å². The minimum absolute atomic E-state index is 0.331. The number of hydrogen-bond acceptors (Lipinski definition) is 6. The molecule has 1 saturated heterocycles. The lowest BCUT2D eigenvalue weighted by molar-refractivity contribution is 0.178. The molecule has 19 heavy (non-hydrogen) atoms. The van der Waals surface area contributed by atoms with E-state index in [0.29, 0.717) is 24.4 Å². The van der Waals surface area contributed by atoms with Crippen molar-refractivity contribution in [3.63, 3.8) is 0 Å². The van der Waals surface area contributed by atoms with Crippen molar-refractivity contribution in [3.05, 3.63) is 11.9 Å². The maximum absolute atomic E-state index is 5.42. The monoisotopic (exact) mass is 266 g/mol. The Kier molecular flexibility index (Phi) is 4.93. The summed E-state index contributed by atoms with van der Waals surface area (Å²) in [6.07, 6.45) is 1.10. The first-order valence-electron chi connectivity index (χ1n) is 6.62. The number of hydrogen-bond donors (Lipinski definition) is 2. The summed E-state index contributed by atoms with van der Waals surface area (Å²) in [6.45, 7) is 4.25. The quantitative estimate of drug-likeness (QED) is 0.813. The van der Waals surface area contributed by atoms with Gasteiger partial charge in [-0.05, 0) is 13.3 Å². The Bertz CT molecular complexity index is 408. The molecule has 2 heterocycles. The van der Waals surface area contributed by atoms with Crippen LogP contribution < -0.4 is 10.6 Å². The van der Waals surface area contributed by atoms with Gasteiger partial charge in [-0.25, -0.2) is 9.97 Å². The van der Waals surface area contributed by atoms with E-state index in [9.17, 15) is 0 Å². The van der Waals surface area contributed by atoms with Gasteiger partial charge < -0.3 is 20.1 Å². The van der Waals surface area contributed by atoms with Crippen molar-refractivity contribution in [2.75, 3.05) is 38.0 Å². The lowest BCUT2D eigenvalue weighted by Gasteiger charge is -2.20. The van der Waals surface area contributed by atoms with Crippen LogP contribution in [0.3, 0.4) is 0 Å². The van der Waals surface area contributed by atoms with Crippen LogP contribution in [0, 0.1) is 5.92 Å². The number of anilines is 2. The van der Waals surface area contributed by atoms with Crippen LogP contribution >= 0.6 is 0 Å². The molecule has 1 aromatic heterocycles. The second-order valence-corrected chi connectivity index (χ2v) is 4.79. The fourth-order valence-corrected chi connectivity index (χ4v) is 2.19. The van der Waals surface area contributed by atoms with Crippen molar-refractivity contribution < 1.29 is 9.47 Å². The van der Waals surface area contributed by atoms with Crippen LogP contribution in [0.25, 0.3) is 0 Å². The molecular formula is C13H22N4O2. The second-order valence-electron chi connectivity index (χ2n) is 4.79. The lowest BCUT2D eigenvalue weighted by Crippen LogP contribution is -2.27. The molecule has 0 aliphatic carbocycles. The highest BCUT2D eigenvalue weighted by molar-refractivity contribution is 5.47. The van der Waals surface area contributed by atoms with Gasteiger partial charge in [0.25, 0.3) is 0 Å². The van der Waals surface area contributed by atoms with Gasteiger partial charge in [0.15, 0.2) is 5.82 Å². The highest BCUT2D eigenvalue weighted by atomic mass is 16.5. The zero-order chi connectivity index (χ0) is 13.7. The Morgan fingerprint density at radius 3 is 2.89 bits per heavy atom. The predicted molar refractivity (Wildman–Crippen MR) is 74.3 cm³/mol. The van der Waals surface area contributed by atoms with E-state index in [2.05, 4.69) is 27.5 Å². The van der Waals surface area contributed by atoms with E-state index in [4.69, 9.17) is 9.47 Å². The van der Waals surface area contributed by atoms with Gasteiger partial charge in [0, 0.05) is 38.8 Å². The van der Waals surface area contributed by atoms with Crippen LogP contribution in [0.4, 0.5) is 11.6 Å². The van der Waals surface area contributed by atoms with Gasteiger partial charge in [-0.1, -0.05) is 0 Å². The van der Waals surface area contributed by atoms with Crippen LogP contribution in [0.5, 0.6) is 0 Å². The van der Waals surface area contributed by atoms with Crippen molar-refractivity contribution in [1.82, 2.24) is 9.97 Å². The number of rotatable bonds is 6. The second kappa shape index (κ2) is 6.68. The Morgan fingerprint density at radius 2 is 2.26 bits per heavy atom. The predicted octanol–water partition coefficient (Wildman–Crippen LogP) is 1.50. The first-order chi connectivity index (χ1) is 9.22. The first-order valence-corrected chi connectivity index (χ1v) is 6.62. The van der Waals surface area contributed by atoms with Gasteiger partial charge in [0.2, 0.25) is 0 Å². The van der Waals surface area contributed by atoms with Gasteiger partial charge in [0.1, 0.15) is 18.2 Å². The smallest absolute Gasteiger partial charge is 0.158 e. The van der Waals surface area contributed by atoms with Crippen LogP contribution in [0.2, 0.25) is 0 Å². The zero-order valence-corrected chi connectivity index (χ0v) is 11.8. The number of nitrogens with one attached hydrogen (secondary N) is 2. The van der Waals surface area contributed by atoms with Crippen molar-refractivity contribution in [2.24, 2.45) is 5.92 Å². The van der Waals surface area contributed by atoms with E-state index in [1.54, 1.807) is 7.11 Å². The number of aromatic nitrogens is 2. The van der Waals surface area contributed by atoms with Crippen molar-refractivity contribution in [2.45, 2.75) is 26.0 Å². The highest BCUT2D eigenvalue weighted by Gasteiger charge is 2.22. The molecule has 2 atom stereocenters. The third kappa shape index (κ3) is 3.78. The van der Waals surface area contributed by atoms with E-state index in [1.807, 2.05) is 13.1 Å². The molecule has 0 saturated carbocycles. The molecule has 1 aliphatic heterocycles. The molecular weight excluding hydrogens is 244 g/mol. The number of ether oxygens (including phenoxy) is 2. The van der Waals surface area contributed by atoms with Gasteiger partial charge >= 0.3 is 0 Å². The van der Waals surface area contributed by atoms with Gasteiger partial charge in [-0.15, -0.1) is 0 Å². The molecule has 0 aromatic carbocycles. The number of nitrogens with zero attached hydrogens (tertiary/aromatic N) is 2. The summed E-state index contributed by atoms with van der Waals surface area (Å²) in [6, 6.07) is 2.24. The normalized spacial score (nSPS) is 20.3. The first kappa shape index (κ1) is 14.0. The Balaban J connectivity index is 2.07. The average molecular weight is 266 g/mol. The molecule has 6 heteroatoms. The Labute approximate surface area is 113 Å². The minimum Gasteiger partial charge on any atom is -0.381 e. The van der Waals surface area contributed by atoms with Crippen LogP contribution in [0.15, 0.2) is 6.07 Å². The fraction of sp³-hybridized carbons (Fsp3) is 0.692. The van der Waals surface area contributed by atoms with Crippen molar-refractivity contribution in [3.8, 4) is 0 Å². The summed E-state index contributed by atoms with van der Waals surface area (Å²) < 4.78 is 10.5. The third-order valence-electron chi connectivity index (χ3n) is 3.35. The van der Waals surface area contributed by atoms with Crippen LogP contribution in [0.1, 0.15) is 19.2 Å². The molecule has 2 N–H and O–H groups in total. The maximum atomic E-state index is 5.42. The Morgan fingerprint density at radius 1 is 1.47 bits per heavy atom. The molecule has 2 unspecified atom stereocenters. The largest absolute Gasteiger partial charge is 0.381 e. The summed E-state index contributed by atoms with van der Waals surface area (Å²) in [5, 5.41) is 6.47. The lowest BCUT2D eigenvalue weighted by atomic mass is 10.0. The van der Waals surface area contributed by atoms with Crippen LogP contribution in [-0.4, -0.2) is 43.4 Å². The summed E-state index contributed by atoms with van der Waals surface area (Å²) in [5.41, 5.74) is 0. The molecule has 0 amide bonds. The highest BCUT2D eigenvalue weighted by Crippen LogP contribution is 2.20. The van der Waals surface area contributed by atoms with Gasteiger partial charge in [0.05, 0.1) is 6.61 Å². The fourth-order valence-electron chi connectivity index (χ4n) is 2.19. The zero-order valence-electron chi connectivity index (χ0n) is 11.8. The van der Waals surface area contributed by atoms with E-state index in [0.717, 1.165) is 31.3 Å². The third-order valence-corrected chi connectivity index (χ3v) is 3.35. The molecule has 106 valence electrons. The van der Waals surface area contributed by atoms with E-state index >= 15 is 0 Å². The molecule has 1 aromatic rings. The molecule has 0 spiro atoms. The van der Waals surface area contributed by atoms with Crippen LogP contribution in [-0.2, 0) is 16.1 Å². The van der Waals surface area contributed by atoms with Crippen molar-refractivity contribution >= 4 is 11.6 Å². The summed E-state index contributed by atoms with van der Waals surface area (Å²) >= 11 is 0. The SMILES string of the molecule is CNc1cc(NC(C)C2CCOC2)nc(COC)n1. The molecule has 2 rings (SSSR count). The minimum atomic E-state index is 0.331. The van der Waals surface area contributed by atoms with E-state index < -0.39 is 0 Å². The summed E-state index contributed by atoms with van der Waals surface area (Å²) in [5.74, 6) is 2.83. The van der Waals surface area contributed by atoms with Gasteiger partial charge in [-0.2, -0.15) is 0 Å². The molecule has 6 nitrogen and oxygen atoms in total. The number of methoxy groups -OCH3 is 1. The Hall–Kier alpha value is -1.40. The molecule has 1 fully saturated rings. The standard InChI is InChI=1S/C13H22N4O2/c1-9(10-4-5-19-7-10)15-12-6-11(14-2)16-13(17-12)8-18-3/h6,9-10H,4-5,7-8H2,1-3H3,(H2,14,15,16,17). The van der Waals surface area contributed by atoms with Gasteiger partial charge in [-0.3, -0.25) is 0 Å². The maximum Gasteiger partial charge on any atom is 0.158 e. The average Bonchev–Trinajstić information content (AvgIpc) is 2.92. The van der Waals surface area contributed by atoms with E-state index in [-0.39, 0.29) is 0 Å². The molecule has 1 aliphatic rings.